The summed E-state index contributed by atoms with van der Waals surface area (Å²) in [5, 5.41) is 0. The van der Waals surface area contributed by atoms with Crippen LogP contribution < -0.4 is 0 Å². The average molecular weight is 270 g/mol. The first-order valence-electron chi connectivity index (χ1n) is 6.97. The second kappa shape index (κ2) is 8.73. The number of hydrogen-bond donors (Lipinski definition) is 0. The Bertz CT molecular complexity index is 302. The third kappa shape index (κ3) is 4.37. The molecule has 4 heteroatoms. The molecule has 0 saturated carbocycles. The van der Waals surface area contributed by atoms with Gasteiger partial charge < -0.3 is 9.47 Å². The van der Waals surface area contributed by atoms with Crippen LogP contribution >= 0.6 is 0 Å². The van der Waals surface area contributed by atoms with Gasteiger partial charge in [0.1, 0.15) is 0 Å². The number of rotatable bonds is 9. The highest BCUT2D eigenvalue weighted by atomic mass is 16.6. The van der Waals surface area contributed by atoms with Gasteiger partial charge in [-0.2, -0.15) is 0 Å². The van der Waals surface area contributed by atoms with E-state index < -0.39 is 17.4 Å². The Kier molecular flexibility index (Phi) is 8.12. The number of esters is 2. The third-order valence-corrected chi connectivity index (χ3v) is 3.13. The molecule has 0 aliphatic rings. The van der Waals surface area contributed by atoms with Crippen molar-refractivity contribution in [2.75, 3.05) is 13.2 Å². The van der Waals surface area contributed by atoms with Crippen LogP contribution in [-0.4, -0.2) is 25.2 Å². The Morgan fingerprint density at radius 1 is 1.00 bits per heavy atom. The topological polar surface area (TPSA) is 52.6 Å². The number of hydrogen-bond acceptors (Lipinski definition) is 4. The summed E-state index contributed by atoms with van der Waals surface area (Å²) in [7, 11) is 0. The summed E-state index contributed by atoms with van der Waals surface area (Å²) in [5.41, 5.74) is -0.859. The highest BCUT2D eigenvalue weighted by molar-refractivity contribution is 6.03. The van der Waals surface area contributed by atoms with Gasteiger partial charge in [0, 0.05) is 0 Å². The van der Waals surface area contributed by atoms with E-state index >= 15 is 0 Å². The maximum atomic E-state index is 12.2. The van der Waals surface area contributed by atoms with Crippen LogP contribution in [0.1, 0.15) is 53.4 Å². The standard InChI is InChI=1S/C15H26O4/c1-6-9-10-11-15(12(4)5,13(16)18-7-2)14(17)19-8-3/h4,6-11H2,1-3,5H3. The lowest BCUT2D eigenvalue weighted by molar-refractivity contribution is -0.169. The van der Waals surface area contributed by atoms with Crippen molar-refractivity contribution in [3.63, 3.8) is 0 Å². The number of unbranched alkanes of at least 4 members (excludes halogenated alkanes) is 2. The Morgan fingerprint density at radius 3 is 1.79 bits per heavy atom. The van der Waals surface area contributed by atoms with Crippen LogP contribution in [0.5, 0.6) is 0 Å². The lowest BCUT2D eigenvalue weighted by Gasteiger charge is -2.29. The molecule has 4 nitrogen and oxygen atoms in total. The van der Waals surface area contributed by atoms with E-state index in [1.807, 2.05) is 0 Å². The molecule has 0 atom stereocenters. The molecular weight excluding hydrogens is 244 g/mol. The van der Waals surface area contributed by atoms with Gasteiger partial charge in [0.25, 0.3) is 0 Å². The molecule has 0 aromatic rings. The summed E-state index contributed by atoms with van der Waals surface area (Å²) in [6.45, 7) is 11.5. The van der Waals surface area contributed by atoms with E-state index in [0.717, 1.165) is 19.3 Å². The second-order valence-corrected chi connectivity index (χ2v) is 4.58. The summed E-state index contributed by atoms with van der Waals surface area (Å²) >= 11 is 0. The van der Waals surface area contributed by atoms with Crippen LogP contribution in [0.15, 0.2) is 12.2 Å². The van der Waals surface area contributed by atoms with E-state index in [1.54, 1.807) is 20.8 Å². The van der Waals surface area contributed by atoms with Crippen molar-refractivity contribution in [2.45, 2.75) is 53.4 Å². The Morgan fingerprint density at radius 2 is 1.47 bits per heavy atom. The van der Waals surface area contributed by atoms with Crippen molar-refractivity contribution in [2.24, 2.45) is 5.41 Å². The molecule has 0 unspecified atom stereocenters. The largest absolute Gasteiger partial charge is 0.465 e. The summed E-state index contributed by atoms with van der Waals surface area (Å²) in [6, 6.07) is 0. The maximum Gasteiger partial charge on any atom is 0.327 e. The number of carbonyl (C=O) groups excluding carboxylic acids is 2. The van der Waals surface area contributed by atoms with Crippen molar-refractivity contribution in [1.82, 2.24) is 0 Å². The van der Waals surface area contributed by atoms with E-state index in [9.17, 15) is 9.59 Å². The van der Waals surface area contributed by atoms with Crippen LogP contribution in [0.25, 0.3) is 0 Å². The molecule has 0 aromatic heterocycles. The Hall–Kier alpha value is -1.32. The molecule has 0 aromatic carbocycles. The zero-order valence-electron chi connectivity index (χ0n) is 12.6. The smallest absolute Gasteiger partial charge is 0.327 e. The number of ether oxygens (including phenoxy) is 2. The van der Waals surface area contributed by atoms with E-state index in [4.69, 9.17) is 9.47 Å². The minimum atomic E-state index is -1.35. The first-order chi connectivity index (χ1) is 8.97. The van der Waals surface area contributed by atoms with Gasteiger partial charge in [-0.25, -0.2) is 0 Å². The summed E-state index contributed by atoms with van der Waals surface area (Å²) in [6.07, 6.45) is 3.13. The fourth-order valence-electron chi connectivity index (χ4n) is 2.00. The van der Waals surface area contributed by atoms with Crippen molar-refractivity contribution in [3.8, 4) is 0 Å². The molecule has 0 bridgehead atoms. The van der Waals surface area contributed by atoms with Gasteiger partial charge in [-0.05, 0) is 27.2 Å². The average Bonchev–Trinajstić information content (AvgIpc) is 2.34. The van der Waals surface area contributed by atoms with Gasteiger partial charge in [-0.1, -0.05) is 38.3 Å². The summed E-state index contributed by atoms with van der Waals surface area (Å²) in [5.74, 6) is -1.09. The van der Waals surface area contributed by atoms with Crippen LogP contribution in [-0.2, 0) is 19.1 Å². The fraction of sp³-hybridized carbons (Fsp3) is 0.733. The zero-order chi connectivity index (χ0) is 14.9. The molecule has 19 heavy (non-hydrogen) atoms. The van der Waals surface area contributed by atoms with Crippen LogP contribution in [0, 0.1) is 5.41 Å². The molecule has 0 spiro atoms. The molecule has 0 fully saturated rings. The minimum Gasteiger partial charge on any atom is -0.465 e. The SMILES string of the molecule is C=C(C)C(CCCCC)(C(=O)OCC)C(=O)OCC. The van der Waals surface area contributed by atoms with Crippen molar-refractivity contribution in [3.05, 3.63) is 12.2 Å². The summed E-state index contributed by atoms with van der Waals surface area (Å²) in [4.78, 5) is 24.5. The molecule has 0 heterocycles. The van der Waals surface area contributed by atoms with Gasteiger partial charge in [0.05, 0.1) is 13.2 Å². The second-order valence-electron chi connectivity index (χ2n) is 4.58. The first kappa shape index (κ1) is 17.7. The monoisotopic (exact) mass is 270 g/mol. The van der Waals surface area contributed by atoms with E-state index in [2.05, 4.69) is 13.5 Å². The van der Waals surface area contributed by atoms with Gasteiger partial charge >= 0.3 is 11.9 Å². The van der Waals surface area contributed by atoms with Gasteiger partial charge in [0.15, 0.2) is 5.41 Å². The molecule has 0 amide bonds. The third-order valence-electron chi connectivity index (χ3n) is 3.13. The van der Waals surface area contributed by atoms with Crippen molar-refractivity contribution >= 4 is 11.9 Å². The van der Waals surface area contributed by atoms with Gasteiger partial charge in [0.2, 0.25) is 0 Å². The summed E-state index contributed by atoms with van der Waals surface area (Å²) < 4.78 is 10.1. The molecule has 0 N–H and O–H groups in total. The lowest BCUT2D eigenvalue weighted by Crippen LogP contribution is -2.43. The molecule has 0 saturated heterocycles. The highest BCUT2D eigenvalue weighted by Gasteiger charge is 2.49. The molecule has 110 valence electrons. The predicted molar refractivity (Wildman–Crippen MR) is 74.7 cm³/mol. The molecular formula is C15H26O4. The lowest BCUT2D eigenvalue weighted by atomic mass is 9.77. The Labute approximate surface area is 116 Å². The first-order valence-corrected chi connectivity index (χ1v) is 6.97. The van der Waals surface area contributed by atoms with Crippen molar-refractivity contribution in [1.29, 1.82) is 0 Å². The molecule has 0 aliphatic heterocycles. The molecule has 0 radical (unpaired) electrons. The van der Waals surface area contributed by atoms with Crippen LogP contribution in [0.2, 0.25) is 0 Å². The quantitative estimate of drug-likeness (QED) is 0.279. The highest BCUT2D eigenvalue weighted by Crippen LogP contribution is 2.35. The van der Waals surface area contributed by atoms with Gasteiger partial charge in [-0.3, -0.25) is 9.59 Å². The molecule has 0 aliphatic carbocycles. The molecule has 0 rings (SSSR count). The normalized spacial score (nSPS) is 10.9. The van der Waals surface area contributed by atoms with E-state index in [1.165, 1.54) is 0 Å². The maximum absolute atomic E-state index is 12.2. The predicted octanol–water partition coefficient (Wildman–Crippen LogP) is 3.26. The van der Waals surface area contributed by atoms with E-state index in [0.29, 0.717) is 12.0 Å². The van der Waals surface area contributed by atoms with Crippen LogP contribution in [0.4, 0.5) is 0 Å². The van der Waals surface area contributed by atoms with Crippen molar-refractivity contribution < 1.29 is 19.1 Å². The minimum absolute atomic E-state index is 0.237. The number of carbonyl (C=O) groups is 2. The van der Waals surface area contributed by atoms with Gasteiger partial charge in [-0.15, -0.1) is 0 Å². The Balaban J connectivity index is 5.28. The van der Waals surface area contributed by atoms with Crippen LogP contribution in [0.3, 0.4) is 0 Å². The zero-order valence-corrected chi connectivity index (χ0v) is 12.6. The van der Waals surface area contributed by atoms with E-state index in [-0.39, 0.29) is 13.2 Å². The fourth-order valence-corrected chi connectivity index (χ4v) is 2.00.